The third-order valence-corrected chi connectivity index (χ3v) is 7.35. The van der Waals surface area contributed by atoms with Crippen molar-refractivity contribution in [3.8, 4) is 0 Å². The Hall–Kier alpha value is -0.680. The van der Waals surface area contributed by atoms with Crippen LogP contribution in [0, 0.1) is 10.8 Å². The van der Waals surface area contributed by atoms with E-state index >= 15 is 0 Å². The summed E-state index contributed by atoms with van der Waals surface area (Å²) in [7, 11) is 0. The standard InChI is InChI=1S/C23H28Br2N2/c1-22-13-23(2,16-26(14-22)11-18-3-7-20(24)8-4-18)17-27(15-22)12-19-5-9-21(25)10-6-19/h3-10H,11-17H2,1-2H3/p+2. The molecule has 0 amide bonds. The van der Waals surface area contributed by atoms with Crippen LogP contribution >= 0.6 is 31.9 Å². The molecule has 0 spiro atoms. The van der Waals surface area contributed by atoms with Crippen LogP contribution in [-0.2, 0) is 13.1 Å². The summed E-state index contributed by atoms with van der Waals surface area (Å²) in [5.41, 5.74) is 3.81. The van der Waals surface area contributed by atoms with Gasteiger partial charge in [0.05, 0.1) is 37.0 Å². The molecule has 4 heteroatoms. The van der Waals surface area contributed by atoms with Gasteiger partial charge in [0.15, 0.2) is 0 Å². The molecular formula is C23H30Br2N2+2. The van der Waals surface area contributed by atoms with Crippen LogP contribution < -0.4 is 9.80 Å². The second kappa shape index (κ2) is 7.62. The average Bonchev–Trinajstić information content (AvgIpc) is 2.56. The molecule has 0 aliphatic carbocycles. The van der Waals surface area contributed by atoms with Gasteiger partial charge in [-0.3, -0.25) is 0 Å². The van der Waals surface area contributed by atoms with Gasteiger partial charge in [-0.1, -0.05) is 56.1 Å². The van der Waals surface area contributed by atoms with Crippen LogP contribution in [0.1, 0.15) is 31.4 Å². The molecule has 2 bridgehead atoms. The maximum absolute atomic E-state index is 3.55. The number of fused-ring (bicyclic) bond motifs is 2. The number of nitrogens with one attached hydrogen (secondary N) is 2. The van der Waals surface area contributed by atoms with Crippen LogP contribution in [0.2, 0.25) is 0 Å². The normalized spacial score (nSPS) is 33.0. The molecule has 0 aromatic heterocycles. The van der Waals surface area contributed by atoms with Crippen LogP contribution in [0.25, 0.3) is 0 Å². The summed E-state index contributed by atoms with van der Waals surface area (Å²) in [5.74, 6) is 0. The third-order valence-electron chi connectivity index (χ3n) is 6.30. The maximum atomic E-state index is 3.55. The highest BCUT2D eigenvalue weighted by Crippen LogP contribution is 2.36. The first-order valence-corrected chi connectivity index (χ1v) is 11.6. The van der Waals surface area contributed by atoms with Gasteiger partial charge in [-0.2, -0.15) is 0 Å². The van der Waals surface area contributed by atoms with Crippen molar-refractivity contribution in [2.75, 3.05) is 26.2 Å². The highest BCUT2D eigenvalue weighted by Gasteiger charge is 2.53. The molecule has 2 aromatic rings. The summed E-state index contributed by atoms with van der Waals surface area (Å²) < 4.78 is 2.34. The van der Waals surface area contributed by atoms with Gasteiger partial charge in [-0.05, 0) is 44.5 Å². The average molecular weight is 494 g/mol. The number of piperidine rings is 2. The monoisotopic (exact) mass is 492 g/mol. The molecule has 2 nitrogen and oxygen atoms in total. The molecule has 2 heterocycles. The van der Waals surface area contributed by atoms with Gasteiger partial charge >= 0.3 is 0 Å². The predicted molar refractivity (Wildman–Crippen MR) is 118 cm³/mol. The SMILES string of the molecule is CC12C[NH+](Cc3ccc(Br)cc3)CC(C)(C[NH+](Cc3ccc(Br)cc3)C1)C2. The molecule has 4 rings (SSSR count). The first-order valence-electron chi connectivity index (χ1n) is 9.97. The summed E-state index contributed by atoms with van der Waals surface area (Å²) in [6.45, 7) is 12.6. The number of hydrogen-bond donors (Lipinski definition) is 2. The Kier molecular flexibility index (Phi) is 5.54. The zero-order valence-electron chi connectivity index (χ0n) is 16.3. The van der Waals surface area contributed by atoms with Gasteiger partial charge < -0.3 is 9.80 Å². The van der Waals surface area contributed by atoms with E-state index in [-0.39, 0.29) is 0 Å². The minimum atomic E-state index is 0.445. The molecule has 2 aliphatic rings. The van der Waals surface area contributed by atoms with E-state index in [9.17, 15) is 0 Å². The number of likely N-dealkylation sites (tertiary alicyclic amines) is 2. The van der Waals surface area contributed by atoms with E-state index in [4.69, 9.17) is 0 Å². The number of quaternary nitrogens is 2. The van der Waals surface area contributed by atoms with Gasteiger partial charge in [0.1, 0.15) is 13.1 Å². The minimum Gasteiger partial charge on any atom is -0.330 e. The second-order valence-corrected chi connectivity index (χ2v) is 11.4. The van der Waals surface area contributed by atoms with Crippen molar-refractivity contribution in [2.45, 2.75) is 33.4 Å². The maximum Gasteiger partial charge on any atom is 0.103 e. The first kappa shape index (κ1) is 19.6. The van der Waals surface area contributed by atoms with Crippen LogP contribution in [-0.4, -0.2) is 26.2 Å². The molecule has 144 valence electrons. The molecule has 2 N–H and O–H groups in total. The molecule has 2 saturated heterocycles. The Bertz CT molecular complexity index is 706. The lowest BCUT2D eigenvalue weighted by Gasteiger charge is -2.52. The Morgan fingerprint density at radius 2 is 1.00 bits per heavy atom. The topological polar surface area (TPSA) is 8.88 Å². The van der Waals surface area contributed by atoms with Crippen LogP contribution in [0.3, 0.4) is 0 Å². The molecule has 2 aliphatic heterocycles. The van der Waals surface area contributed by atoms with Gasteiger partial charge in [0, 0.05) is 20.1 Å². The highest BCUT2D eigenvalue weighted by atomic mass is 79.9. The fraction of sp³-hybridized carbons (Fsp3) is 0.478. The van der Waals surface area contributed by atoms with Crippen molar-refractivity contribution in [3.05, 3.63) is 68.6 Å². The summed E-state index contributed by atoms with van der Waals surface area (Å²) in [5, 5.41) is 0. The smallest absolute Gasteiger partial charge is 0.103 e. The fourth-order valence-corrected chi connectivity index (χ4v) is 6.51. The number of halogens is 2. The highest BCUT2D eigenvalue weighted by molar-refractivity contribution is 9.10. The lowest BCUT2D eigenvalue weighted by Crippen LogP contribution is -3.22. The quantitative estimate of drug-likeness (QED) is 0.647. The Morgan fingerprint density at radius 3 is 1.33 bits per heavy atom. The zero-order chi connectivity index (χ0) is 19.1. The molecule has 0 unspecified atom stereocenters. The number of rotatable bonds is 4. The second-order valence-electron chi connectivity index (χ2n) is 9.61. The third kappa shape index (κ3) is 4.84. The molecular weight excluding hydrogens is 464 g/mol. The molecule has 2 fully saturated rings. The zero-order valence-corrected chi connectivity index (χ0v) is 19.5. The lowest BCUT2D eigenvalue weighted by atomic mass is 9.65. The van der Waals surface area contributed by atoms with Gasteiger partial charge in [-0.25, -0.2) is 0 Å². The van der Waals surface area contributed by atoms with E-state index in [1.807, 2.05) is 0 Å². The van der Waals surface area contributed by atoms with E-state index in [0.29, 0.717) is 10.8 Å². The van der Waals surface area contributed by atoms with Crippen LogP contribution in [0.15, 0.2) is 57.5 Å². The molecule has 0 saturated carbocycles. The summed E-state index contributed by atoms with van der Waals surface area (Å²) in [6.07, 6.45) is 1.38. The lowest BCUT2D eigenvalue weighted by molar-refractivity contribution is -0.985. The van der Waals surface area contributed by atoms with Gasteiger partial charge in [0.2, 0.25) is 0 Å². The minimum absolute atomic E-state index is 0.445. The van der Waals surface area contributed by atoms with E-state index in [2.05, 4.69) is 94.2 Å². The van der Waals surface area contributed by atoms with Crippen molar-refractivity contribution in [2.24, 2.45) is 10.8 Å². The predicted octanol–water partition coefficient (Wildman–Crippen LogP) is 3.11. The fourth-order valence-electron chi connectivity index (χ4n) is 5.98. The van der Waals surface area contributed by atoms with E-state index < -0.39 is 0 Å². The van der Waals surface area contributed by atoms with Crippen LogP contribution in [0.4, 0.5) is 0 Å². The Labute approximate surface area is 180 Å². The van der Waals surface area contributed by atoms with Crippen LogP contribution in [0.5, 0.6) is 0 Å². The number of hydrogen-bond acceptors (Lipinski definition) is 0. The van der Waals surface area contributed by atoms with Gasteiger partial charge in [-0.15, -0.1) is 0 Å². The van der Waals surface area contributed by atoms with E-state index in [0.717, 1.165) is 13.1 Å². The van der Waals surface area contributed by atoms with E-state index in [1.165, 1.54) is 52.7 Å². The van der Waals surface area contributed by atoms with E-state index in [1.54, 1.807) is 9.80 Å². The largest absolute Gasteiger partial charge is 0.330 e. The Balaban J connectivity index is 1.45. The molecule has 27 heavy (non-hydrogen) atoms. The van der Waals surface area contributed by atoms with Crippen molar-refractivity contribution in [3.63, 3.8) is 0 Å². The van der Waals surface area contributed by atoms with Crippen molar-refractivity contribution in [1.29, 1.82) is 0 Å². The Morgan fingerprint density at radius 1 is 0.667 bits per heavy atom. The summed E-state index contributed by atoms with van der Waals surface area (Å²) in [6, 6.07) is 17.8. The molecule has 0 atom stereocenters. The van der Waals surface area contributed by atoms with Gasteiger partial charge in [0.25, 0.3) is 0 Å². The summed E-state index contributed by atoms with van der Waals surface area (Å²) >= 11 is 7.11. The first-order chi connectivity index (χ1) is 12.8. The van der Waals surface area contributed by atoms with Crippen molar-refractivity contribution < 1.29 is 9.80 Å². The van der Waals surface area contributed by atoms with Crippen molar-refractivity contribution in [1.82, 2.24) is 0 Å². The molecule has 2 aromatic carbocycles. The summed E-state index contributed by atoms with van der Waals surface area (Å²) in [4.78, 5) is 3.52. The number of benzene rings is 2. The molecule has 0 radical (unpaired) electrons. The van der Waals surface area contributed by atoms with Crippen molar-refractivity contribution >= 4 is 31.9 Å².